The van der Waals surface area contributed by atoms with Crippen molar-refractivity contribution in [3.8, 4) is 0 Å². The molecule has 0 radical (unpaired) electrons. The number of likely N-dealkylation sites (tertiary alicyclic amines) is 2. The summed E-state index contributed by atoms with van der Waals surface area (Å²) in [7, 11) is 0. The molecule has 2 aliphatic carbocycles. The van der Waals surface area contributed by atoms with Crippen LogP contribution in [0.4, 0.5) is 0 Å². The maximum Gasteiger partial charge on any atom is 0.226 e. The van der Waals surface area contributed by atoms with E-state index in [0.29, 0.717) is 11.8 Å². The molecule has 2 saturated carbocycles. The standard InChI is InChI=1S/C18H30N2O2/c21-18(17-15-5-4-6-16(15)17)20-10-7-14(13-20)22-12-11-19-8-2-1-3-9-19/h14-17H,1-13H2/t14-,15-,16+,17?/m0/s1. The third-order valence-corrected chi connectivity index (χ3v) is 6.36. The van der Waals surface area contributed by atoms with Crippen LogP contribution in [0.15, 0.2) is 0 Å². The van der Waals surface area contributed by atoms with Crippen molar-refractivity contribution in [1.82, 2.24) is 9.80 Å². The lowest BCUT2D eigenvalue weighted by molar-refractivity contribution is -0.132. The molecule has 0 aromatic carbocycles. The summed E-state index contributed by atoms with van der Waals surface area (Å²) in [6.45, 7) is 6.14. The first-order valence-corrected chi connectivity index (χ1v) is 9.45. The Labute approximate surface area is 134 Å². The van der Waals surface area contributed by atoms with Crippen molar-refractivity contribution in [2.75, 3.05) is 39.3 Å². The van der Waals surface area contributed by atoms with E-state index in [1.807, 2.05) is 0 Å². The van der Waals surface area contributed by atoms with Crippen LogP contribution in [0, 0.1) is 17.8 Å². The fourth-order valence-corrected chi connectivity index (χ4v) is 4.99. The molecule has 22 heavy (non-hydrogen) atoms. The summed E-state index contributed by atoms with van der Waals surface area (Å²) < 4.78 is 6.04. The van der Waals surface area contributed by atoms with Crippen molar-refractivity contribution in [3.05, 3.63) is 0 Å². The van der Waals surface area contributed by atoms with Crippen molar-refractivity contribution in [2.45, 2.75) is 51.0 Å². The second-order valence-corrected chi connectivity index (χ2v) is 7.75. The van der Waals surface area contributed by atoms with Gasteiger partial charge in [0.25, 0.3) is 0 Å². The normalized spacial score (nSPS) is 38.3. The second-order valence-electron chi connectivity index (χ2n) is 7.75. The van der Waals surface area contributed by atoms with Gasteiger partial charge >= 0.3 is 0 Å². The summed E-state index contributed by atoms with van der Waals surface area (Å²) in [6.07, 6.45) is 9.34. The van der Waals surface area contributed by atoms with Crippen LogP contribution in [0.3, 0.4) is 0 Å². The molecule has 4 fully saturated rings. The van der Waals surface area contributed by atoms with Gasteiger partial charge in [-0.15, -0.1) is 0 Å². The van der Waals surface area contributed by atoms with Gasteiger partial charge in [-0.05, 0) is 57.0 Å². The zero-order valence-corrected chi connectivity index (χ0v) is 13.7. The smallest absolute Gasteiger partial charge is 0.226 e. The van der Waals surface area contributed by atoms with Gasteiger partial charge in [0.15, 0.2) is 0 Å². The highest BCUT2D eigenvalue weighted by Crippen LogP contribution is 2.58. The molecule has 124 valence electrons. The Kier molecular flexibility index (Phi) is 4.40. The molecule has 0 spiro atoms. The molecule has 4 rings (SSSR count). The molecule has 0 N–H and O–H groups in total. The number of fused-ring (bicyclic) bond motifs is 1. The number of carbonyl (C=O) groups excluding carboxylic acids is 1. The van der Waals surface area contributed by atoms with E-state index in [9.17, 15) is 4.79 Å². The van der Waals surface area contributed by atoms with Gasteiger partial charge < -0.3 is 14.5 Å². The van der Waals surface area contributed by atoms with E-state index in [-0.39, 0.29) is 6.10 Å². The monoisotopic (exact) mass is 306 g/mol. The first-order valence-electron chi connectivity index (χ1n) is 9.45. The van der Waals surface area contributed by atoms with Crippen LogP contribution in [0.5, 0.6) is 0 Å². The SMILES string of the molecule is O=C(C1[C@H]2CCC[C@@H]12)N1CC[C@H](OCCN2CCCCC2)C1. The zero-order valence-electron chi connectivity index (χ0n) is 13.7. The van der Waals surface area contributed by atoms with Gasteiger partial charge in [0.2, 0.25) is 5.91 Å². The molecular formula is C18H30N2O2. The molecular weight excluding hydrogens is 276 g/mol. The minimum absolute atomic E-state index is 0.285. The fraction of sp³-hybridized carbons (Fsp3) is 0.944. The van der Waals surface area contributed by atoms with Crippen molar-refractivity contribution >= 4 is 5.91 Å². The third-order valence-electron chi connectivity index (χ3n) is 6.36. The molecule has 1 unspecified atom stereocenters. The van der Waals surface area contributed by atoms with E-state index in [1.165, 1.54) is 51.6 Å². The van der Waals surface area contributed by atoms with E-state index in [2.05, 4.69) is 9.80 Å². The predicted molar refractivity (Wildman–Crippen MR) is 85.5 cm³/mol. The van der Waals surface area contributed by atoms with Crippen LogP contribution in [0.25, 0.3) is 0 Å². The molecule has 4 aliphatic rings. The van der Waals surface area contributed by atoms with Crippen LogP contribution in [-0.2, 0) is 9.53 Å². The van der Waals surface area contributed by atoms with Gasteiger partial charge in [0.1, 0.15) is 0 Å². The lowest BCUT2D eigenvalue weighted by Gasteiger charge is -2.26. The first kappa shape index (κ1) is 14.9. The number of piperidine rings is 1. The lowest BCUT2D eigenvalue weighted by Crippen LogP contribution is -2.35. The highest BCUT2D eigenvalue weighted by molar-refractivity contribution is 5.82. The predicted octanol–water partition coefficient (Wildman–Crippen LogP) is 2.14. The van der Waals surface area contributed by atoms with Crippen LogP contribution in [0.1, 0.15) is 44.9 Å². The molecule has 2 aliphatic heterocycles. The van der Waals surface area contributed by atoms with Crippen molar-refractivity contribution in [3.63, 3.8) is 0 Å². The summed E-state index contributed by atoms with van der Waals surface area (Å²) in [6, 6.07) is 0. The van der Waals surface area contributed by atoms with Crippen molar-refractivity contribution < 1.29 is 9.53 Å². The minimum Gasteiger partial charge on any atom is -0.375 e. The van der Waals surface area contributed by atoms with Crippen LogP contribution in [0.2, 0.25) is 0 Å². The van der Waals surface area contributed by atoms with E-state index < -0.39 is 0 Å². The summed E-state index contributed by atoms with van der Waals surface area (Å²) in [4.78, 5) is 17.2. The average molecular weight is 306 g/mol. The van der Waals surface area contributed by atoms with Crippen molar-refractivity contribution in [1.29, 1.82) is 0 Å². The molecule has 0 aromatic heterocycles. The van der Waals surface area contributed by atoms with Gasteiger partial charge in [0, 0.05) is 25.6 Å². The number of hydrogen-bond donors (Lipinski definition) is 0. The van der Waals surface area contributed by atoms with Gasteiger partial charge in [0.05, 0.1) is 12.7 Å². The highest BCUT2D eigenvalue weighted by atomic mass is 16.5. The molecule has 2 saturated heterocycles. The number of rotatable bonds is 5. The number of amides is 1. The second kappa shape index (κ2) is 6.48. The summed E-state index contributed by atoms with van der Waals surface area (Å²) in [5.74, 6) is 2.32. The van der Waals surface area contributed by atoms with Gasteiger partial charge in [-0.25, -0.2) is 0 Å². The van der Waals surface area contributed by atoms with Gasteiger partial charge in [-0.3, -0.25) is 4.79 Å². The molecule has 1 amide bonds. The summed E-state index contributed by atoms with van der Waals surface area (Å²) in [5, 5.41) is 0. The molecule has 4 heteroatoms. The van der Waals surface area contributed by atoms with E-state index >= 15 is 0 Å². The van der Waals surface area contributed by atoms with E-state index in [1.54, 1.807) is 0 Å². The Bertz CT molecular complexity index is 398. The third kappa shape index (κ3) is 3.05. The molecule has 0 aromatic rings. The Morgan fingerprint density at radius 2 is 1.73 bits per heavy atom. The number of ether oxygens (including phenoxy) is 1. The quantitative estimate of drug-likeness (QED) is 0.780. The Morgan fingerprint density at radius 3 is 2.50 bits per heavy atom. The van der Waals surface area contributed by atoms with E-state index in [0.717, 1.165) is 44.5 Å². The lowest BCUT2D eigenvalue weighted by atomic mass is 10.1. The summed E-state index contributed by atoms with van der Waals surface area (Å²) >= 11 is 0. The maximum absolute atomic E-state index is 12.6. The number of carbonyl (C=O) groups is 1. The number of hydrogen-bond acceptors (Lipinski definition) is 3. The molecule has 2 heterocycles. The van der Waals surface area contributed by atoms with Gasteiger partial charge in [-0.1, -0.05) is 12.8 Å². The van der Waals surface area contributed by atoms with Crippen LogP contribution >= 0.6 is 0 Å². The zero-order chi connectivity index (χ0) is 14.9. The van der Waals surface area contributed by atoms with Gasteiger partial charge in [-0.2, -0.15) is 0 Å². The summed E-state index contributed by atoms with van der Waals surface area (Å²) in [5.41, 5.74) is 0. The van der Waals surface area contributed by atoms with Crippen LogP contribution < -0.4 is 0 Å². The average Bonchev–Trinajstić information content (AvgIpc) is 2.94. The largest absolute Gasteiger partial charge is 0.375 e. The molecule has 4 nitrogen and oxygen atoms in total. The van der Waals surface area contributed by atoms with E-state index in [4.69, 9.17) is 4.74 Å². The Hall–Kier alpha value is -0.610. The molecule has 0 bridgehead atoms. The maximum atomic E-state index is 12.6. The highest BCUT2D eigenvalue weighted by Gasteiger charge is 2.57. The van der Waals surface area contributed by atoms with Crippen LogP contribution in [-0.4, -0.2) is 61.1 Å². The fourth-order valence-electron chi connectivity index (χ4n) is 4.99. The van der Waals surface area contributed by atoms with Crippen molar-refractivity contribution in [2.24, 2.45) is 17.8 Å². The Balaban J connectivity index is 1.16. The number of nitrogens with zero attached hydrogens (tertiary/aromatic N) is 2. The first-order chi connectivity index (χ1) is 10.8. The topological polar surface area (TPSA) is 32.8 Å². The minimum atomic E-state index is 0.285. The molecule has 4 atom stereocenters. The Morgan fingerprint density at radius 1 is 0.955 bits per heavy atom.